The third-order valence-corrected chi connectivity index (χ3v) is 5.10. The standard InChI is InChI=1S/C19H13F3N2O3S/c20-14-6-2-1-5-13(14)19(25)23-17-10-9-12(11-16(17)22)28(26,27)24-18-8-4-3-7-15(18)21/h1-11,24H,(H,23,25). The second kappa shape index (κ2) is 7.73. The number of nitrogens with one attached hydrogen (secondary N) is 2. The van der Waals surface area contributed by atoms with Crippen molar-refractivity contribution in [2.75, 3.05) is 10.0 Å². The predicted octanol–water partition coefficient (Wildman–Crippen LogP) is 4.16. The molecule has 0 saturated heterocycles. The minimum atomic E-state index is -4.27. The third-order valence-electron chi connectivity index (χ3n) is 3.74. The van der Waals surface area contributed by atoms with Crippen LogP contribution in [0.1, 0.15) is 10.4 Å². The van der Waals surface area contributed by atoms with Crippen LogP contribution in [0.3, 0.4) is 0 Å². The molecule has 28 heavy (non-hydrogen) atoms. The summed E-state index contributed by atoms with van der Waals surface area (Å²) >= 11 is 0. The lowest BCUT2D eigenvalue weighted by molar-refractivity contribution is 0.102. The maximum Gasteiger partial charge on any atom is 0.262 e. The number of amides is 1. The fourth-order valence-corrected chi connectivity index (χ4v) is 3.43. The van der Waals surface area contributed by atoms with Crippen LogP contribution in [-0.4, -0.2) is 14.3 Å². The van der Waals surface area contributed by atoms with Crippen molar-refractivity contribution in [1.29, 1.82) is 0 Å². The Kier molecular flexibility index (Phi) is 5.36. The van der Waals surface area contributed by atoms with Gasteiger partial charge in [0.05, 0.1) is 21.8 Å². The topological polar surface area (TPSA) is 75.3 Å². The maximum absolute atomic E-state index is 14.3. The molecular weight excluding hydrogens is 393 g/mol. The molecule has 9 heteroatoms. The summed E-state index contributed by atoms with van der Waals surface area (Å²) in [6.07, 6.45) is 0. The van der Waals surface area contributed by atoms with Crippen LogP contribution >= 0.6 is 0 Å². The molecular formula is C19H13F3N2O3S. The monoisotopic (exact) mass is 406 g/mol. The quantitative estimate of drug-likeness (QED) is 0.668. The van der Waals surface area contributed by atoms with Crippen molar-refractivity contribution in [2.24, 2.45) is 0 Å². The van der Waals surface area contributed by atoms with E-state index < -0.39 is 38.3 Å². The molecule has 0 atom stereocenters. The molecule has 2 N–H and O–H groups in total. The number of halogens is 3. The van der Waals surface area contributed by atoms with Crippen molar-refractivity contribution < 1.29 is 26.4 Å². The Hall–Kier alpha value is -3.33. The molecule has 1 amide bonds. The number of carbonyl (C=O) groups excluding carboxylic acids is 1. The lowest BCUT2D eigenvalue weighted by Gasteiger charge is -2.11. The summed E-state index contributed by atoms with van der Waals surface area (Å²) in [5, 5.41) is 2.18. The van der Waals surface area contributed by atoms with Gasteiger partial charge in [0.2, 0.25) is 0 Å². The molecule has 0 radical (unpaired) electrons. The first-order chi connectivity index (χ1) is 13.3. The molecule has 0 aliphatic carbocycles. The average molecular weight is 406 g/mol. The summed E-state index contributed by atoms with van der Waals surface area (Å²) < 4.78 is 68.2. The zero-order chi connectivity index (χ0) is 20.3. The number of anilines is 2. The van der Waals surface area contributed by atoms with Crippen LogP contribution < -0.4 is 10.0 Å². The molecule has 3 rings (SSSR count). The summed E-state index contributed by atoms with van der Waals surface area (Å²) in [5.74, 6) is -3.52. The summed E-state index contributed by atoms with van der Waals surface area (Å²) in [7, 11) is -4.27. The minimum absolute atomic E-state index is 0.292. The summed E-state index contributed by atoms with van der Waals surface area (Å²) in [4.78, 5) is 11.6. The van der Waals surface area contributed by atoms with Gasteiger partial charge in [0.25, 0.3) is 15.9 Å². The highest BCUT2D eigenvalue weighted by Crippen LogP contribution is 2.23. The number of hydrogen-bond donors (Lipinski definition) is 2. The van der Waals surface area contributed by atoms with Gasteiger partial charge in [-0.2, -0.15) is 0 Å². The van der Waals surface area contributed by atoms with Crippen molar-refractivity contribution in [1.82, 2.24) is 0 Å². The SMILES string of the molecule is O=C(Nc1ccc(S(=O)(=O)Nc2ccccc2F)cc1F)c1ccccc1F. The number of benzene rings is 3. The van der Waals surface area contributed by atoms with Crippen LogP contribution in [0.25, 0.3) is 0 Å². The number of para-hydroxylation sites is 1. The summed E-state index contributed by atoms with van der Waals surface area (Å²) in [6.45, 7) is 0. The van der Waals surface area contributed by atoms with Crippen molar-refractivity contribution in [3.63, 3.8) is 0 Å². The average Bonchev–Trinajstić information content (AvgIpc) is 2.65. The van der Waals surface area contributed by atoms with Gasteiger partial charge < -0.3 is 5.32 Å². The van der Waals surface area contributed by atoms with Crippen molar-refractivity contribution >= 4 is 27.3 Å². The van der Waals surface area contributed by atoms with E-state index in [-0.39, 0.29) is 16.9 Å². The molecule has 0 heterocycles. The normalized spacial score (nSPS) is 11.1. The zero-order valence-electron chi connectivity index (χ0n) is 14.1. The Morgan fingerprint density at radius 1 is 0.750 bits per heavy atom. The van der Waals surface area contributed by atoms with Gasteiger partial charge in [0.15, 0.2) is 0 Å². The highest BCUT2D eigenvalue weighted by molar-refractivity contribution is 7.92. The molecule has 0 bridgehead atoms. The van der Waals surface area contributed by atoms with Crippen LogP contribution in [0.5, 0.6) is 0 Å². The van der Waals surface area contributed by atoms with Gasteiger partial charge in [-0.25, -0.2) is 21.6 Å². The first kappa shape index (κ1) is 19.4. The fraction of sp³-hybridized carbons (Fsp3) is 0. The molecule has 3 aromatic carbocycles. The minimum Gasteiger partial charge on any atom is -0.319 e. The number of sulfonamides is 1. The second-order valence-corrected chi connectivity index (χ2v) is 7.34. The summed E-state index contributed by atoms with van der Waals surface area (Å²) in [5.41, 5.74) is -0.919. The highest BCUT2D eigenvalue weighted by Gasteiger charge is 2.19. The molecule has 0 fully saturated rings. The zero-order valence-corrected chi connectivity index (χ0v) is 14.9. The van der Waals surface area contributed by atoms with Gasteiger partial charge in [-0.3, -0.25) is 9.52 Å². The van der Waals surface area contributed by atoms with E-state index in [9.17, 15) is 26.4 Å². The second-order valence-electron chi connectivity index (χ2n) is 5.66. The van der Waals surface area contributed by atoms with Gasteiger partial charge in [0.1, 0.15) is 17.5 Å². The molecule has 3 aromatic rings. The largest absolute Gasteiger partial charge is 0.319 e. The van der Waals surface area contributed by atoms with E-state index in [0.29, 0.717) is 6.07 Å². The Morgan fingerprint density at radius 3 is 2.04 bits per heavy atom. The van der Waals surface area contributed by atoms with Gasteiger partial charge in [-0.05, 0) is 42.5 Å². The first-order valence-corrected chi connectivity index (χ1v) is 9.39. The fourth-order valence-electron chi connectivity index (χ4n) is 2.35. The maximum atomic E-state index is 14.3. The lowest BCUT2D eigenvalue weighted by atomic mass is 10.2. The molecule has 5 nitrogen and oxygen atoms in total. The van der Waals surface area contributed by atoms with Gasteiger partial charge in [-0.15, -0.1) is 0 Å². The Balaban J connectivity index is 1.83. The van der Waals surface area contributed by atoms with Crippen LogP contribution in [0.2, 0.25) is 0 Å². The van der Waals surface area contributed by atoms with Gasteiger partial charge >= 0.3 is 0 Å². The lowest BCUT2D eigenvalue weighted by Crippen LogP contribution is -2.16. The predicted molar refractivity (Wildman–Crippen MR) is 98.0 cm³/mol. The van der Waals surface area contributed by atoms with Crippen molar-refractivity contribution in [3.8, 4) is 0 Å². The molecule has 0 aliphatic heterocycles. The molecule has 0 unspecified atom stereocenters. The van der Waals surface area contributed by atoms with Crippen LogP contribution in [0.15, 0.2) is 71.6 Å². The van der Waals surface area contributed by atoms with E-state index >= 15 is 0 Å². The molecule has 0 saturated carbocycles. The number of hydrogen-bond acceptors (Lipinski definition) is 3. The Labute approximate surface area is 158 Å². The number of carbonyl (C=O) groups is 1. The third kappa shape index (κ3) is 4.15. The summed E-state index contributed by atoms with van der Waals surface area (Å²) in [6, 6.07) is 13.0. The molecule has 144 valence electrons. The van der Waals surface area contributed by atoms with Crippen LogP contribution in [0, 0.1) is 17.5 Å². The molecule has 0 spiro atoms. The highest BCUT2D eigenvalue weighted by atomic mass is 32.2. The Bertz CT molecular complexity index is 1150. The van der Waals surface area contributed by atoms with Crippen LogP contribution in [-0.2, 0) is 10.0 Å². The molecule has 0 aromatic heterocycles. The molecule has 0 aliphatic rings. The van der Waals surface area contributed by atoms with Crippen molar-refractivity contribution in [3.05, 3.63) is 89.7 Å². The van der Waals surface area contributed by atoms with E-state index in [1.54, 1.807) is 0 Å². The Morgan fingerprint density at radius 2 is 1.39 bits per heavy atom. The van der Waals surface area contributed by atoms with E-state index in [0.717, 1.165) is 24.3 Å². The van der Waals surface area contributed by atoms with Crippen molar-refractivity contribution in [2.45, 2.75) is 4.90 Å². The number of rotatable bonds is 5. The van der Waals surface area contributed by atoms with E-state index in [4.69, 9.17) is 0 Å². The van der Waals surface area contributed by atoms with Crippen LogP contribution in [0.4, 0.5) is 24.5 Å². The van der Waals surface area contributed by atoms with E-state index in [1.807, 2.05) is 4.72 Å². The van der Waals surface area contributed by atoms with E-state index in [1.165, 1.54) is 36.4 Å². The van der Waals surface area contributed by atoms with Gasteiger partial charge in [-0.1, -0.05) is 24.3 Å². The van der Waals surface area contributed by atoms with Gasteiger partial charge in [0, 0.05) is 0 Å². The first-order valence-electron chi connectivity index (χ1n) is 7.91. The van der Waals surface area contributed by atoms with E-state index in [2.05, 4.69) is 5.32 Å². The smallest absolute Gasteiger partial charge is 0.262 e.